The molecule has 0 saturated heterocycles. The molecule has 1 aromatic heterocycles. The minimum Gasteiger partial charge on any atom is -0.493 e. The van der Waals surface area contributed by atoms with E-state index in [0.717, 1.165) is 11.3 Å². The summed E-state index contributed by atoms with van der Waals surface area (Å²) in [7, 11) is 1.48. The average molecular weight is 307 g/mol. The van der Waals surface area contributed by atoms with E-state index in [1.165, 1.54) is 14.0 Å². The Bertz CT molecular complexity index is 680. The van der Waals surface area contributed by atoms with E-state index in [2.05, 4.69) is 4.98 Å². The Morgan fingerprint density at radius 1 is 1.33 bits per heavy atom. The van der Waals surface area contributed by atoms with Gasteiger partial charge < -0.3 is 14.6 Å². The van der Waals surface area contributed by atoms with Crippen molar-refractivity contribution in [1.29, 1.82) is 0 Å². The number of benzene rings is 1. The molecule has 1 aromatic carbocycles. The normalized spacial score (nSPS) is 10.2. The SMILES string of the molecule is COc1cc(C(C)=O)ccc1OCc1csc(C(=O)O)n1. The van der Waals surface area contributed by atoms with Gasteiger partial charge in [0.1, 0.15) is 6.61 Å². The Labute approximate surface area is 125 Å². The van der Waals surface area contributed by atoms with Crippen LogP contribution in [-0.2, 0) is 6.61 Å². The van der Waals surface area contributed by atoms with Gasteiger partial charge in [0.05, 0.1) is 12.8 Å². The fraction of sp³-hybridized carbons (Fsp3) is 0.214. The van der Waals surface area contributed by atoms with Gasteiger partial charge in [0, 0.05) is 10.9 Å². The third-order valence-electron chi connectivity index (χ3n) is 2.68. The number of aromatic carboxylic acids is 1. The lowest BCUT2D eigenvalue weighted by atomic mass is 10.1. The highest BCUT2D eigenvalue weighted by atomic mass is 32.1. The topological polar surface area (TPSA) is 85.7 Å². The van der Waals surface area contributed by atoms with Gasteiger partial charge in [0.2, 0.25) is 5.01 Å². The zero-order valence-corrected chi connectivity index (χ0v) is 12.3. The quantitative estimate of drug-likeness (QED) is 0.826. The molecule has 2 rings (SSSR count). The van der Waals surface area contributed by atoms with Crippen LogP contribution in [0.15, 0.2) is 23.6 Å². The molecule has 0 aliphatic rings. The molecule has 0 atom stereocenters. The first-order chi connectivity index (χ1) is 10.0. The molecular formula is C14H13NO5S. The maximum Gasteiger partial charge on any atom is 0.365 e. The molecule has 0 aliphatic carbocycles. The van der Waals surface area contributed by atoms with E-state index in [1.54, 1.807) is 23.6 Å². The molecule has 110 valence electrons. The number of methoxy groups -OCH3 is 1. The average Bonchev–Trinajstić information content (AvgIpc) is 2.93. The predicted octanol–water partition coefficient (Wildman–Crippen LogP) is 2.63. The number of carbonyl (C=O) groups excluding carboxylic acids is 1. The van der Waals surface area contributed by atoms with E-state index in [-0.39, 0.29) is 17.4 Å². The third-order valence-corrected chi connectivity index (χ3v) is 3.56. The van der Waals surface area contributed by atoms with Gasteiger partial charge in [-0.15, -0.1) is 11.3 Å². The number of hydrogen-bond acceptors (Lipinski definition) is 6. The number of carbonyl (C=O) groups is 2. The van der Waals surface area contributed by atoms with Crippen molar-refractivity contribution in [2.24, 2.45) is 0 Å². The number of ether oxygens (including phenoxy) is 2. The van der Waals surface area contributed by atoms with Crippen molar-refractivity contribution in [3.63, 3.8) is 0 Å². The summed E-state index contributed by atoms with van der Waals surface area (Å²) in [5.74, 6) is -0.219. The number of Topliss-reactive ketones (excluding diaryl/α,β-unsaturated/α-hetero) is 1. The van der Waals surface area contributed by atoms with Gasteiger partial charge >= 0.3 is 5.97 Å². The Morgan fingerprint density at radius 3 is 2.67 bits per heavy atom. The second-order valence-electron chi connectivity index (χ2n) is 4.16. The molecule has 0 saturated carbocycles. The van der Waals surface area contributed by atoms with Gasteiger partial charge in [-0.2, -0.15) is 0 Å². The smallest absolute Gasteiger partial charge is 0.365 e. The molecule has 0 bridgehead atoms. The molecule has 0 radical (unpaired) electrons. The minimum atomic E-state index is -1.06. The highest BCUT2D eigenvalue weighted by molar-refractivity contribution is 7.11. The molecular weight excluding hydrogens is 294 g/mol. The van der Waals surface area contributed by atoms with Gasteiger partial charge in [0.15, 0.2) is 17.3 Å². The molecule has 0 unspecified atom stereocenters. The Hall–Kier alpha value is -2.41. The maximum atomic E-state index is 11.3. The highest BCUT2D eigenvalue weighted by Gasteiger charge is 2.11. The summed E-state index contributed by atoms with van der Waals surface area (Å²) >= 11 is 1.04. The number of ketones is 1. The third kappa shape index (κ3) is 3.57. The number of nitrogens with zero attached hydrogens (tertiary/aromatic N) is 1. The summed E-state index contributed by atoms with van der Waals surface area (Å²) in [6.07, 6.45) is 0. The lowest BCUT2D eigenvalue weighted by Crippen LogP contribution is -2.01. The zero-order valence-electron chi connectivity index (χ0n) is 11.5. The first kappa shape index (κ1) is 15.0. The molecule has 7 heteroatoms. The van der Waals surface area contributed by atoms with E-state index < -0.39 is 5.97 Å². The summed E-state index contributed by atoms with van der Waals surface area (Å²) in [5.41, 5.74) is 1.05. The maximum absolute atomic E-state index is 11.3. The van der Waals surface area contributed by atoms with Crippen molar-refractivity contribution in [1.82, 2.24) is 4.98 Å². The molecule has 1 N–H and O–H groups in total. The van der Waals surface area contributed by atoms with Gasteiger partial charge in [-0.25, -0.2) is 9.78 Å². The van der Waals surface area contributed by atoms with Crippen LogP contribution < -0.4 is 9.47 Å². The molecule has 6 nitrogen and oxygen atoms in total. The lowest BCUT2D eigenvalue weighted by molar-refractivity contribution is 0.0695. The van der Waals surface area contributed by atoms with Crippen LogP contribution >= 0.6 is 11.3 Å². The molecule has 0 amide bonds. The Morgan fingerprint density at radius 2 is 2.10 bits per heavy atom. The van der Waals surface area contributed by atoms with Crippen LogP contribution in [0.2, 0.25) is 0 Å². The number of hydrogen-bond donors (Lipinski definition) is 1. The fourth-order valence-corrected chi connectivity index (χ4v) is 2.27. The highest BCUT2D eigenvalue weighted by Crippen LogP contribution is 2.29. The van der Waals surface area contributed by atoms with Crippen LogP contribution in [0, 0.1) is 0 Å². The predicted molar refractivity (Wildman–Crippen MR) is 76.4 cm³/mol. The second kappa shape index (κ2) is 6.36. The van der Waals surface area contributed by atoms with Crippen LogP contribution in [0.3, 0.4) is 0 Å². The van der Waals surface area contributed by atoms with Crippen molar-refractivity contribution < 1.29 is 24.2 Å². The van der Waals surface area contributed by atoms with Crippen LogP contribution in [0.25, 0.3) is 0 Å². The standard InChI is InChI=1S/C14H13NO5S/c1-8(16)9-3-4-11(12(5-9)19-2)20-6-10-7-21-13(15-10)14(17)18/h3-5,7H,6H2,1-2H3,(H,17,18). The molecule has 1 heterocycles. The van der Waals surface area contributed by atoms with Gasteiger partial charge in [-0.05, 0) is 25.1 Å². The fourth-order valence-electron chi connectivity index (χ4n) is 1.63. The van der Waals surface area contributed by atoms with E-state index in [1.807, 2.05) is 0 Å². The van der Waals surface area contributed by atoms with Crippen molar-refractivity contribution in [2.75, 3.05) is 7.11 Å². The number of thiazole rings is 1. The van der Waals surface area contributed by atoms with Crippen molar-refractivity contribution in [3.05, 3.63) is 39.8 Å². The van der Waals surface area contributed by atoms with Crippen LogP contribution in [0.5, 0.6) is 11.5 Å². The monoisotopic (exact) mass is 307 g/mol. The van der Waals surface area contributed by atoms with E-state index in [9.17, 15) is 9.59 Å². The summed E-state index contributed by atoms with van der Waals surface area (Å²) in [6.45, 7) is 1.59. The van der Waals surface area contributed by atoms with Crippen molar-refractivity contribution >= 4 is 23.1 Å². The largest absolute Gasteiger partial charge is 0.493 e. The minimum absolute atomic E-state index is 0.0208. The van der Waals surface area contributed by atoms with Crippen LogP contribution in [0.1, 0.15) is 32.8 Å². The summed E-state index contributed by atoms with van der Waals surface area (Å²) in [6, 6.07) is 4.88. The van der Waals surface area contributed by atoms with Gasteiger partial charge in [-0.1, -0.05) is 0 Å². The number of carboxylic acid groups (broad SMARTS) is 1. The first-order valence-corrected chi connectivity index (χ1v) is 6.88. The molecule has 21 heavy (non-hydrogen) atoms. The van der Waals surface area contributed by atoms with Crippen LogP contribution in [0.4, 0.5) is 0 Å². The second-order valence-corrected chi connectivity index (χ2v) is 5.02. The molecule has 2 aromatic rings. The zero-order chi connectivity index (χ0) is 15.4. The van der Waals surface area contributed by atoms with Gasteiger partial charge in [-0.3, -0.25) is 4.79 Å². The van der Waals surface area contributed by atoms with E-state index >= 15 is 0 Å². The van der Waals surface area contributed by atoms with E-state index in [0.29, 0.717) is 22.8 Å². The van der Waals surface area contributed by atoms with E-state index in [4.69, 9.17) is 14.6 Å². The van der Waals surface area contributed by atoms with Crippen molar-refractivity contribution in [2.45, 2.75) is 13.5 Å². The molecule has 0 spiro atoms. The summed E-state index contributed by atoms with van der Waals surface area (Å²) in [5, 5.41) is 10.4. The van der Waals surface area contributed by atoms with Gasteiger partial charge in [0.25, 0.3) is 0 Å². The summed E-state index contributed by atoms with van der Waals surface area (Å²) < 4.78 is 10.7. The number of carboxylic acids is 1. The number of aromatic nitrogens is 1. The lowest BCUT2D eigenvalue weighted by Gasteiger charge is -2.10. The number of rotatable bonds is 6. The summed E-state index contributed by atoms with van der Waals surface area (Å²) in [4.78, 5) is 26.0. The molecule has 0 fully saturated rings. The van der Waals surface area contributed by atoms with Crippen LogP contribution in [-0.4, -0.2) is 29.0 Å². The Balaban J connectivity index is 2.11. The van der Waals surface area contributed by atoms with Crippen molar-refractivity contribution in [3.8, 4) is 11.5 Å². The molecule has 0 aliphatic heterocycles. The first-order valence-electron chi connectivity index (χ1n) is 6.00. The Kier molecular flexibility index (Phi) is 4.54.